The highest BCUT2D eigenvalue weighted by atomic mass is 127. The number of hydrogen-bond acceptors (Lipinski definition) is 3. The van der Waals surface area contributed by atoms with E-state index in [2.05, 4.69) is 48.5 Å². The van der Waals surface area contributed by atoms with E-state index in [1.807, 2.05) is 10.8 Å². The third-order valence-corrected chi connectivity index (χ3v) is 4.66. The summed E-state index contributed by atoms with van der Waals surface area (Å²) in [5.74, 6) is 0.656. The van der Waals surface area contributed by atoms with Crippen LogP contribution in [0.1, 0.15) is 0 Å². The molecule has 0 unspecified atom stereocenters. The van der Waals surface area contributed by atoms with Gasteiger partial charge in [-0.3, -0.25) is 0 Å². The van der Waals surface area contributed by atoms with Gasteiger partial charge in [0.05, 0.1) is 3.57 Å². The first-order valence-electron chi connectivity index (χ1n) is 3.58. The quantitative estimate of drug-likeness (QED) is 0.528. The minimum Gasteiger partial charge on any atom is -0.235 e. The molecule has 0 aliphatic rings. The van der Waals surface area contributed by atoms with Crippen LogP contribution in [0.5, 0.6) is 0 Å². The molecule has 0 fully saturated rings. The predicted octanol–water partition coefficient (Wildman–Crippen LogP) is 4.23. The molecule has 6 heteroatoms. The topological polar surface area (TPSA) is 25.8 Å². The molecule has 0 aliphatic carbocycles. The molecule has 0 aromatic carbocycles. The van der Waals surface area contributed by atoms with Gasteiger partial charge in [0.2, 0.25) is 0 Å². The maximum absolute atomic E-state index is 5.91. The number of hydrogen-bond donors (Lipinski definition) is 0. The second-order valence-corrected chi connectivity index (χ2v) is 5.58. The first-order chi connectivity index (χ1) is 6.68. The fourth-order valence-electron chi connectivity index (χ4n) is 0.917. The molecule has 0 saturated carbocycles. The molecule has 2 nitrogen and oxygen atoms in total. The Morgan fingerprint density at radius 2 is 2.21 bits per heavy atom. The second-order valence-electron chi connectivity index (χ2n) is 2.47. The summed E-state index contributed by atoms with van der Waals surface area (Å²) < 4.78 is 1.86. The van der Waals surface area contributed by atoms with Gasteiger partial charge in [-0.2, -0.15) is 11.3 Å². The summed E-state index contributed by atoms with van der Waals surface area (Å²) in [6.07, 6.45) is 1.72. The van der Waals surface area contributed by atoms with Crippen molar-refractivity contribution in [2.75, 3.05) is 0 Å². The molecule has 2 heterocycles. The number of rotatable bonds is 1. The van der Waals surface area contributed by atoms with Crippen molar-refractivity contribution in [1.29, 1.82) is 0 Å². The van der Waals surface area contributed by atoms with Crippen molar-refractivity contribution in [2.45, 2.75) is 0 Å². The maximum Gasteiger partial charge on any atom is 0.162 e. The molecule has 0 saturated heterocycles. The third-order valence-electron chi connectivity index (χ3n) is 1.56. The maximum atomic E-state index is 5.91. The monoisotopic (exact) mass is 400 g/mol. The van der Waals surface area contributed by atoms with Crippen molar-refractivity contribution in [3.05, 3.63) is 30.2 Å². The number of nitrogens with zero attached hydrogens (tertiary/aromatic N) is 2. The van der Waals surface area contributed by atoms with Crippen LogP contribution in [-0.2, 0) is 0 Å². The Kier molecular flexibility index (Phi) is 3.41. The summed E-state index contributed by atoms with van der Waals surface area (Å²) in [7, 11) is 0. The van der Waals surface area contributed by atoms with Gasteiger partial charge in [0.25, 0.3) is 0 Å². The zero-order valence-electron chi connectivity index (χ0n) is 6.67. The average molecular weight is 401 g/mol. The Hall–Kier alpha value is 0.280. The molecular formula is C8H3BrClIN2S. The van der Waals surface area contributed by atoms with E-state index >= 15 is 0 Å². The molecule has 72 valence electrons. The van der Waals surface area contributed by atoms with E-state index in [9.17, 15) is 0 Å². The van der Waals surface area contributed by atoms with Crippen LogP contribution in [0, 0.1) is 3.57 Å². The summed E-state index contributed by atoms with van der Waals surface area (Å²) in [6.45, 7) is 0. The van der Waals surface area contributed by atoms with Gasteiger partial charge in [-0.1, -0.05) is 11.6 Å². The highest BCUT2D eigenvalue weighted by molar-refractivity contribution is 14.1. The Morgan fingerprint density at radius 3 is 2.79 bits per heavy atom. The molecule has 0 amide bonds. The van der Waals surface area contributed by atoms with E-state index in [0.29, 0.717) is 11.0 Å². The minimum absolute atomic E-state index is 0.494. The van der Waals surface area contributed by atoms with Crippen LogP contribution in [-0.4, -0.2) is 9.97 Å². The summed E-state index contributed by atoms with van der Waals surface area (Å²) in [6, 6.07) is 0. The molecule has 0 bridgehead atoms. The number of thiophene rings is 1. The van der Waals surface area contributed by atoms with Crippen LogP contribution < -0.4 is 0 Å². The lowest BCUT2D eigenvalue weighted by Gasteiger charge is -1.99. The first kappa shape index (κ1) is 10.8. The lowest BCUT2D eigenvalue weighted by Crippen LogP contribution is -1.90. The molecule has 0 aliphatic heterocycles. The molecule has 14 heavy (non-hydrogen) atoms. The minimum atomic E-state index is 0.494. The van der Waals surface area contributed by atoms with Crippen molar-refractivity contribution in [3.63, 3.8) is 0 Å². The molecule has 2 aromatic rings. The van der Waals surface area contributed by atoms with Gasteiger partial charge < -0.3 is 0 Å². The molecule has 2 aromatic heterocycles. The largest absolute Gasteiger partial charge is 0.235 e. The Morgan fingerprint density at radius 1 is 1.43 bits per heavy atom. The molecule has 0 spiro atoms. The lowest BCUT2D eigenvalue weighted by molar-refractivity contribution is 1.16. The molecule has 0 radical (unpaired) electrons. The summed E-state index contributed by atoms with van der Waals surface area (Å²) in [5, 5.41) is 4.47. The first-order valence-corrected chi connectivity index (χ1v) is 6.78. The predicted molar refractivity (Wildman–Crippen MR) is 70.8 cm³/mol. The van der Waals surface area contributed by atoms with Gasteiger partial charge in [-0.15, -0.1) is 0 Å². The van der Waals surface area contributed by atoms with Crippen molar-refractivity contribution in [1.82, 2.24) is 9.97 Å². The van der Waals surface area contributed by atoms with Crippen LogP contribution in [0.25, 0.3) is 11.4 Å². The fraction of sp³-hybridized carbons (Fsp3) is 0. The van der Waals surface area contributed by atoms with Gasteiger partial charge in [0.1, 0.15) is 5.15 Å². The van der Waals surface area contributed by atoms with E-state index in [1.165, 1.54) is 0 Å². The molecule has 0 N–H and O–H groups in total. The van der Waals surface area contributed by atoms with Crippen molar-refractivity contribution in [3.8, 4) is 11.4 Å². The number of aromatic nitrogens is 2. The molecular weight excluding hydrogens is 398 g/mol. The van der Waals surface area contributed by atoms with Crippen LogP contribution >= 0.6 is 61.5 Å². The summed E-state index contributed by atoms with van der Waals surface area (Å²) >= 11 is 13.0. The summed E-state index contributed by atoms with van der Waals surface area (Å²) in [4.78, 5) is 8.42. The average Bonchev–Trinajstić information content (AvgIpc) is 2.57. The van der Waals surface area contributed by atoms with E-state index in [0.717, 1.165) is 13.6 Å². The van der Waals surface area contributed by atoms with Crippen LogP contribution in [0.3, 0.4) is 0 Å². The van der Waals surface area contributed by atoms with E-state index in [1.54, 1.807) is 17.5 Å². The Balaban J connectivity index is 2.53. The standard InChI is InChI=1S/C8H3BrClIN2S/c9-5-3-14-2-4(5)8-12-1-6(11)7(10)13-8/h1-3H. The van der Waals surface area contributed by atoms with Crippen LogP contribution in [0.2, 0.25) is 5.15 Å². The SMILES string of the molecule is Clc1nc(-c2cscc2Br)ncc1I. The van der Waals surface area contributed by atoms with Crippen molar-refractivity contribution in [2.24, 2.45) is 0 Å². The third kappa shape index (κ3) is 2.10. The molecule has 0 atom stereocenters. The fourth-order valence-corrected chi connectivity index (χ4v) is 2.76. The van der Waals surface area contributed by atoms with Gasteiger partial charge in [0.15, 0.2) is 5.82 Å². The van der Waals surface area contributed by atoms with Gasteiger partial charge in [-0.25, -0.2) is 9.97 Å². The van der Waals surface area contributed by atoms with Crippen LogP contribution in [0.15, 0.2) is 21.4 Å². The highest BCUT2D eigenvalue weighted by Gasteiger charge is 2.08. The molecule has 2 rings (SSSR count). The van der Waals surface area contributed by atoms with Crippen molar-refractivity contribution < 1.29 is 0 Å². The zero-order valence-corrected chi connectivity index (χ0v) is 12.0. The van der Waals surface area contributed by atoms with E-state index in [-0.39, 0.29) is 0 Å². The highest BCUT2D eigenvalue weighted by Crippen LogP contribution is 2.30. The zero-order chi connectivity index (χ0) is 10.1. The van der Waals surface area contributed by atoms with E-state index in [4.69, 9.17) is 11.6 Å². The van der Waals surface area contributed by atoms with Gasteiger partial charge in [-0.05, 0) is 38.5 Å². The normalized spacial score (nSPS) is 10.5. The van der Waals surface area contributed by atoms with E-state index < -0.39 is 0 Å². The van der Waals surface area contributed by atoms with Crippen molar-refractivity contribution >= 4 is 61.5 Å². The van der Waals surface area contributed by atoms with Crippen LogP contribution in [0.4, 0.5) is 0 Å². The second kappa shape index (κ2) is 4.42. The Bertz CT molecular complexity index is 474. The Labute approximate surface area is 112 Å². The number of halogens is 3. The lowest BCUT2D eigenvalue weighted by atomic mass is 10.3. The smallest absolute Gasteiger partial charge is 0.162 e. The summed E-state index contributed by atoms with van der Waals surface area (Å²) in [5.41, 5.74) is 0.980. The van der Waals surface area contributed by atoms with Gasteiger partial charge >= 0.3 is 0 Å². The van der Waals surface area contributed by atoms with Gasteiger partial charge in [0, 0.05) is 27.0 Å².